The van der Waals surface area contributed by atoms with Crippen LogP contribution in [0.3, 0.4) is 0 Å². The Bertz CT molecular complexity index is 1150. The Morgan fingerprint density at radius 3 is 2.26 bits per heavy atom. The summed E-state index contributed by atoms with van der Waals surface area (Å²) in [6.45, 7) is 2.13. The van der Waals surface area contributed by atoms with Crippen molar-refractivity contribution in [2.45, 2.75) is 19.4 Å². The molecule has 0 saturated carbocycles. The summed E-state index contributed by atoms with van der Waals surface area (Å²) in [6, 6.07) is 21.6. The molecule has 0 aromatic heterocycles. The molecule has 1 aliphatic rings. The van der Waals surface area contributed by atoms with Gasteiger partial charge in [-0.1, -0.05) is 78.4 Å². The second-order valence-corrected chi connectivity index (χ2v) is 7.62. The van der Waals surface area contributed by atoms with Gasteiger partial charge in [0.2, 0.25) is 0 Å². The molecular formula is C26H22FNO3. The number of ketones is 1. The van der Waals surface area contributed by atoms with E-state index < -0.39 is 23.5 Å². The van der Waals surface area contributed by atoms with Crippen LogP contribution < -0.4 is 0 Å². The van der Waals surface area contributed by atoms with Crippen LogP contribution in [0, 0.1) is 12.7 Å². The van der Waals surface area contributed by atoms with Crippen LogP contribution in [0.25, 0.3) is 5.76 Å². The molecule has 1 fully saturated rings. The smallest absolute Gasteiger partial charge is 0.295 e. The summed E-state index contributed by atoms with van der Waals surface area (Å²) in [5.74, 6) is -2.38. The number of aryl methyl sites for hydroxylation is 1. The minimum atomic E-state index is -0.994. The fourth-order valence-electron chi connectivity index (χ4n) is 3.89. The highest BCUT2D eigenvalue weighted by atomic mass is 19.1. The van der Waals surface area contributed by atoms with Gasteiger partial charge in [-0.3, -0.25) is 9.59 Å². The summed E-state index contributed by atoms with van der Waals surface area (Å²) in [7, 11) is 0. The molecule has 1 unspecified atom stereocenters. The third kappa shape index (κ3) is 3.99. The molecule has 156 valence electrons. The van der Waals surface area contributed by atoms with Gasteiger partial charge in [-0.25, -0.2) is 4.39 Å². The molecule has 1 N–H and O–H groups in total. The van der Waals surface area contributed by atoms with Gasteiger partial charge in [-0.15, -0.1) is 0 Å². The van der Waals surface area contributed by atoms with Gasteiger partial charge in [-0.2, -0.15) is 0 Å². The molecule has 0 radical (unpaired) electrons. The van der Waals surface area contributed by atoms with E-state index >= 15 is 0 Å². The number of nitrogens with zero attached hydrogens (tertiary/aromatic N) is 1. The highest BCUT2D eigenvalue weighted by molar-refractivity contribution is 6.46. The van der Waals surface area contributed by atoms with Crippen molar-refractivity contribution in [3.63, 3.8) is 0 Å². The Hall–Kier alpha value is -3.73. The quantitative estimate of drug-likeness (QED) is 0.370. The number of carbonyl (C=O) groups is 2. The first kappa shape index (κ1) is 20.5. The van der Waals surface area contributed by atoms with Crippen LogP contribution >= 0.6 is 0 Å². The van der Waals surface area contributed by atoms with Crippen LogP contribution in [0.2, 0.25) is 0 Å². The Morgan fingerprint density at radius 1 is 0.935 bits per heavy atom. The van der Waals surface area contributed by atoms with E-state index in [0.29, 0.717) is 12.0 Å². The topological polar surface area (TPSA) is 57.6 Å². The second kappa shape index (κ2) is 8.56. The average molecular weight is 415 g/mol. The Kier molecular flexibility index (Phi) is 5.67. The zero-order chi connectivity index (χ0) is 22.0. The minimum Gasteiger partial charge on any atom is -0.507 e. The molecule has 4 rings (SSSR count). The van der Waals surface area contributed by atoms with Gasteiger partial charge >= 0.3 is 0 Å². The van der Waals surface area contributed by atoms with Gasteiger partial charge in [0.25, 0.3) is 11.7 Å². The predicted octanol–water partition coefficient (Wildman–Crippen LogP) is 4.80. The van der Waals surface area contributed by atoms with Gasteiger partial charge in [-0.05, 0) is 25.0 Å². The molecule has 0 aliphatic carbocycles. The first-order valence-corrected chi connectivity index (χ1v) is 10.1. The summed E-state index contributed by atoms with van der Waals surface area (Å²) >= 11 is 0. The number of likely N-dealkylation sites (tertiary alicyclic amines) is 1. The van der Waals surface area contributed by atoms with Crippen LogP contribution in [0.5, 0.6) is 0 Å². The average Bonchev–Trinajstić information content (AvgIpc) is 3.03. The van der Waals surface area contributed by atoms with E-state index in [2.05, 4.69) is 0 Å². The maximum atomic E-state index is 14.8. The lowest BCUT2D eigenvalue weighted by Crippen LogP contribution is -2.32. The third-order valence-corrected chi connectivity index (χ3v) is 5.55. The molecule has 3 aromatic rings. The number of aliphatic hydroxyl groups is 1. The van der Waals surface area contributed by atoms with Crippen LogP contribution in [-0.2, 0) is 16.0 Å². The molecule has 0 bridgehead atoms. The molecule has 1 aliphatic heterocycles. The molecule has 5 heteroatoms. The number of hydrogen-bond donors (Lipinski definition) is 1. The molecular weight excluding hydrogens is 393 g/mol. The summed E-state index contributed by atoms with van der Waals surface area (Å²) in [6.07, 6.45) is 0.503. The maximum absolute atomic E-state index is 14.8. The number of Topliss-reactive ketones (excluding diaryl/α,β-unsaturated/α-hetero) is 1. The molecule has 3 aromatic carbocycles. The standard InChI is InChI=1S/C26H22FNO3/c1-17-11-13-19(14-12-17)24(29)22-23(20-9-5-6-10-21(20)27)28(26(31)25(22)30)16-15-18-7-3-2-4-8-18/h2-14,23,29H,15-16H2,1H3/b24-22+. The molecule has 1 heterocycles. The molecule has 31 heavy (non-hydrogen) atoms. The van der Waals surface area contributed by atoms with Gasteiger partial charge in [0, 0.05) is 17.7 Å². The van der Waals surface area contributed by atoms with Gasteiger partial charge in [0.1, 0.15) is 11.6 Å². The normalized spacial score (nSPS) is 17.9. The highest BCUT2D eigenvalue weighted by Gasteiger charge is 2.46. The van der Waals surface area contributed by atoms with Gasteiger partial charge < -0.3 is 10.0 Å². The summed E-state index contributed by atoms with van der Waals surface area (Å²) in [5, 5.41) is 11.0. The summed E-state index contributed by atoms with van der Waals surface area (Å²) in [4.78, 5) is 27.3. The van der Waals surface area contributed by atoms with E-state index in [4.69, 9.17) is 0 Å². The Morgan fingerprint density at radius 2 is 1.58 bits per heavy atom. The first-order chi connectivity index (χ1) is 15.0. The van der Waals surface area contributed by atoms with Crippen molar-refractivity contribution >= 4 is 17.4 Å². The zero-order valence-corrected chi connectivity index (χ0v) is 17.1. The lowest BCUT2D eigenvalue weighted by molar-refractivity contribution is -0.139. The fourth-order valence-corrected chi connectivity index (χ4v) is 3.89. The van der Waals surface area contributed by atoms with E-state index in [1.807, 2.05) is 37.3 Å². The van der Waals surface area contributed by atoms with Crippen LogP contribution in [0.15, 0.2) is 84.4 Å². The van der Waals surface area contributed by atoms with Crippen molar-refractivity contribution in [1.29, 1.82) is 0 Å². The predicted molar refractivity (Wildman–Crippen MR) is 117 cm³/mol. The monoisotopic (exact) mass is 415 g/mol. The molecule has 4 nitrogen and oxygen atoms in total. The number of aliphatic hydroxyl groups excluding tert-OH is 1. The third-order valence-electron chi connectivity index (χ3n) is 5.55. The van der Waals surface area contributed by atoms with E-state index in [1.165, 1.54) is 11.0 Å². The molecule has 1 amide bonds. The van der Waals surface area contributed by atoms with Crippen LogP contribution in [0.1, 0.15) is 28.3 Å². The van der Waals surface area contributed by atoms with Crippen LogP contribution in [-0.4, -0.2) is 28.2 Å². The largest absolute Gasteiger partial charge is 0.507 e. The first-order valence-electron chi connectivity index (χ1n) is 10.1. The lowest BCUT2D eigenvalue weighted by Gasteiger charge is -2.25. The van der Waals surface area contributed by atoms with Crippen molar-refractivity contribution in [1.82, 2.24) is 4.90 Å². The minimum absolute atomic E-state index is 0.0907. The molecule has 1 saturated heterocycles. The zero-order valence-electron chi connectivity index (χ0n) is 17.1. The lowest BCUT2D eigenvalue weighted by atomic mass is 9.94. The number of benzene rings is 3. The van der Waals surface area contributed by atoms with Gasteiger partial charge in [0.05, 0.1) is 11.6 Å². The number of halogens is 1. The maximum Gasteiger partial charge on any atom is 0.295 e. The number of carbonyl (C=O) groups excluding carboxylic acids is 2. The number of rotatable bonds is 5. The van der Waals surface area contributed by atoms with Crippen molar-refractivity contribution in [3.05, 3.63) is 113 Å². The van der Waals surface area contributed by atoms with Crippen molar-refractivity contribution < 1.29 is 19.1 Å². The van der Waals surface area contributed by atoms with Crippen molar-refractivity contribution in [2.75, 3.05) is 6.54 Å². The fraction of sp³-hybridized carbons (Fsp3) is 0.154. The van der Waals surface area contributed by atoms with Crippen molar-refractivity contribution in [3.8, 4) is 0 Å². The van der Waals surface area contributed by atoms with Gasteiger partial charge in [0.15, 0.2) is 0 Å². The van der Waals surface area contributed by atoms with E-state index in [1.54, 1.807) is 42.5 Å². The second-order valence-electron chi connectivity index (χ2n) is 7.62. The number of amides is 1. The summed E-state index contributed by atoms with van der Waals surface area (Å²) < 4.78 is 14.8. The Labute approximate surface area is 180 Å². The summed E-state index contributed by atoms with van der Waals surface area (Å²) in [5.41, 5.74) is 2.49. The Balaban J connectivity index is 1.80. The van der Waals surface area contributed by atoms with Crippen LogP contribution in [0.4, 0.5) is 4.39 Å². The SMILES string of the molecule is Cc1ccc(/C(O)=C2\C(=O)C(=O)N(CCc3ccccc3)C2c2ccccc2F)cc1. The number of hydrogen-bond acceptors (Lipinski definition) is 3. The molecule has 0 spiro atoms. The van der Waals surface area contributed by atoms with E-state index in [0.717, 1.165) is 11.1 Å². The highest BCUT2D eigenvalue weighted by Crippen LogP contribution is 2.40. The van der Waals surface area contributed by atoms with E-state index in [9.17, 15) is 19.1 Å². The van der Waals surface area contributed by atoms with E-state index in [-0.39, 0.29) is 23.4 Å². The van der Waals surface area contributed by atoms with Crippen molar-refractivity contribution in [2.24, 2.45) is 0 Å². The molecule has 1 atom stereocenters.